The maximum absolute atomic E-state index is 11.8. The van der Waals surface area contributed by atoms with Crippen LogP contribution in [0.5, 0.6) is 0 Å². The average Bonchev–Trinajstić information content (AvgIpc) is 2.94. The van der Waals surface area contributed by atoms with E-state index < -0.39 is 16.3 Å². The van der Waals surface area contributed by atoms with Crippen molar-refractivity contribution in [2.45, 2.75) is 33.0 Å². The summed E-state index contributed by atoms with van der Waals surface area (Å²) in [5.74, 6) is 0.602. The standard InChI is InChI=1S/C13H21N3O3S2/c1-10(2)5-14-6-12-3-4-13(20-12)8-16-7-11(9-17)15-21(16,18)19/h3-4,9-11,14-15H,5-8H2,1-2H3. The fourth-order valence-corrected chi connectivity index (χ4v) is 4.51. The summed E-state index contributed by atoms with van der Waals surface area (Å²) in [4.78, 5) is 12.9. The van der Waals surface area contributed by atoms with Crippen molar-refractivity contribution in [3.8, 4) is 0 Å². The van der Waals surface area contributed by atoms with E-state index in [1.165, 1.54) is 9.18 Å². The molecule has 0 amide bonds. The summed E-state index contributed by atoms with van der Waals surface area (Å²) >= 11 is 1.60. The lowest BCUT2D eigenvalue weighted by Crippen LogP contribution is -2.30. The van der Waals surface area contributed by atoms with Gasteiger partial charge in [0.25, 0.3) is 10.2 Å². The molecule has 1 aliphatic heterocycles. The lowest BCUT2D eigenvalue weighted by atomic mass is 10.2. The third-order valence-electron chi connectivity index (χ3n) is 3.11. The van der Waals surface area contributed by atoms with Crippen molar-refractivity contribution in [2.75, 3.05) is 13.1 Å². The molecule has 1 unspecified atom stereocenters. The molecule has 8 heteroatoms. The van der Waals surface area contributed by atoms with Gasteiger partial charge in [-0.3, -0.25) is 0 Å². The van der Waals surface area contributed by atoms with E-state index in [1.807, 2.05) is 12.1 Å². The monoisotopic (exact) mass is 331 g/mol. The Morgan fingerprint density at radius 1 is 1.48 bits per heavy atom. The topological polar surface area (TPSA) is 78.5 Å². The molecular formula is C13H21N3O3S2. The van der Waals surface area contributed by atoms with Crippen LogP contribution in [0.2, 0.25) is 0 Å². The SMILES string of the molecule is CC(C)CNCc1ccc(CN2CC(C=O)NS2(=O)=O)s1. The number of aldehydes is 1. The zero-order valence-corrected chi connectivity index (χ0v) is 13.8. The highest BCUT2D eigenvalue weighted by Crippen LogP contribution is 2.21. The van der Waals surface area contributed by atoms with Crippen LogP contribution in [0.15, 0.2) is 12.1 Å². The summed E-state index contributed by atoms with van der Waals surface area (Å²) in [6, 6.07) is 3.32. The number of thiophene rings is 1. The Morgan fingerprint density at radius 2 is 2.19 bits per heavy atom. The third-order valence-corrected chi connectivity index (χ3v) is 5.73. The highest BCUT2D eigenvalue weighted by atomic mass is 32.2. The van der Waals surface area contributed by atoms with E-state index in [9.17, 15) is 13.2 Å². The number of nitrogens with one attached hydrogen (secondary N) is 2. The first-order valence-corrected chi connectivity index (χ1v) is 9.17. The Kier molecular flexibility index (Phi) is 5.50. The van der Waals surface area contributed by atoms with Crippen LogP contribution in [0.3, 0.4) is 0 Å². The number of rotatable bonds is 7. The lowest BCUT2D eigenvalue weighted by Gasteiger charge is -2.11. The quantitative estimate of drug-likeness (QED) is 0.722. The number of carbonyl (C=O) groups is 1. The van der Waals surface area contributed by atoms with Crippen molar-refractivity contribution in [3.63, 3.8) is 0 Å². The first-order valence-electron chi connectivity index (χ1n) is 6.91. The largest absolute Gasteiger partial charge is 0.312 e. The molecule has 0 spiro atoms. The van der Waals surface area contributed by atoms with Gasteiger partial charge in [0.05, 0.1) is 6.04 Å². The molecule has 2 N–H and O–H groups in total. The van der Waals surface area contributed by atoms with E-state index in [4.69, 9.17) is 0 Å². The molecule has 1 aromatic rings. The highest BCUT2D eigenvalue weighted by molar-refractivity contribution is 7.87. The molecule has 1 atom stereocenters. The summed E-state index contributed by atoms with van der Waals surface area (Å²) < 4.78 is 27.3. The van der Waals surface area contributed by atoms with Crippen LogP contribution in [-0.4, -0.2) is 38.1 Å². The molecule has 1 fully saturated rings. The third kappa shape index (κ3) is 4.58. The second-order valence-corrected chi connectivity index (χ2v) is 8.51. The van der Waals surface area contributed by atoms with E-state index in [2.05, 4.69) is 23.9 Å². The van der Waals surface area contributed by atoms with Gasteiger partial charge in [-0.1, -0.05) is 13.8 Å². The number of hydrogen-bond acceptors (Lipinski definition) is 5. The van der Waals surface area contributed by atoms with Gasteiger partial charge in [0.15, 0.2) is 0 Å². The van der Waals surface area contributed by atoms with Gasteiger partial charge in [0, 0.05) is 29.4 Å². The fourth-order valence-electron chi connectivity index (χ4n) is 2.10. The minimum Gasteiger partial charge on any atom is -0.312 e. The Labute approximate surface area is 129 Å². The van der Waals surface area contributed by atoms with Crippen LogP contribution >= 0.6 is 11.3 Å². The van der Waals surface area contributed by atoms with Gasteiger partial charge in [-0.05, 0) is 24.6 Å². The molecule has 2 rings (SSSR count). The molecular weight excluding hydrogens is 310 g/mol. The van der Waals surface area contributed by atoms with E-state index in [-0.39, 0.29) is 6.54 Å². The molecule has 1 aromatic heterocycles. The molecule has 1 aliphatic rings. The second kappa shape index (κ2) is 6.97. The van der Waals surface area contributed by atoms with Crippen LogP contribution in [0.1, 0.15) is 23.6 Å². The van der Waals surface area contributed by atoms with Gasteiger partial charge >= 0.3 is 0 Å². The molecule has 0 saturated carbocycles. The van der Waals surface area contributed by atoms with Gasteiger partial charge in [-0.2, -0.15) is 17.4 Å². The zero-order valence-electron chi connectivity index (χ0n) is 12.2. The molecule has 2 heterocycles. The molecule has 118 valence electrons. The van der Waals surface area contributed by atoms with Crippen molar-refractivity contribution >= 4 is 27.8 Å². The maximum atomic E-state index is 11.8. The molecule has 21 heavy (non-hydrogen) atoms. The van der Waals surface area contributed by atoms with E-state index in [0.717, 1.165) is 18.0 Å². The summed E-state index contributed by atoms with van der Waals surface area (Å²) in [6.07, 6.45) is 0.632. The van der Waals surface area contributed by atoms with Crippen molar-refractivity contribution in [2.24, 2.45) is 5.92 Å². The van der Waals surface area contributed by atoms with Crippen molar-refractivity contribution in [3.05, 3.63) is 21.9 Å². The van der Waals surface area contributed by atoms with Gasteiger partial charge in [-0.25, -0.2) is 0 Å². The first-order chi connectivity index (χ1) is 9.90. The van der Waals surface area contributed by atoms with E-state index >= 15 is 0 Å². The van der Waals surface area contributed by atoms with Gasteiger partial charge in [-0.15, -0.1) is 11.3 Å². The first kappa shape index (κ1) is 16.6. The van der Waals surface area contributed by atoms with Crippen LogP contribution < -0.4 is 10.0 Å². The van der Waals surface area contributed by atoms with Gasteiger partial charge < -0.3 is 10.1 Å². The lowest BCUT2D eigenvalue weighted by molar-refractivity contribution is -0.109. The van der Waals surface area contributed by atoms with Gasteiger partial charge in [0.2, 0.25) is 0 Å². The Bertz CT molecular complexity index is 583. The van der Waals surface area contributed by atoms with Gasteiger partial charge in [0.1, 0.15) is 6.29 Å². The average molecular weight is 331 g/mol. The number of nitrogens with zero attached hydrogens (tertiary/aromatic N) is 1. The predicted octanol–water partition coefficient (Wildman–Crippen LogP) is 0.711. The molecule has 1 saturated heterocycles. The van der Waals surface area contributed by atoms with Crippen LogP contribution in [0.4, 0.5) is 0 Å². The summed E-state index contributed by atoms with van der Waals surface area (Å²) in [7, 11) is -3.52. The zero-order chi connectivity index (χ0) is 15.5. The second-order valence-electron chi connectivity index (χ2n) is 5.55. The number of hydrogen-bond donors (Lipinski definition) is 2. The van der Waals surface area contributed by atoms with Crippen LogP contribution in [0.25, 0.3) is 0 Å². The van der Waals surface area contributed by atoms with Crippen LogP contribution in [0, 0.1) is 5.92 Å². The van der Waals surface area contributed by atoms with Crippen molar-refractivity contribution < 1.29 is 13.2 Å². The Hall–Kier alpha value is -0.800. The molecule has 6 nitrogen and oxygen atoms in total. The number of carbonyl (C=O) groups excluding carboxylic acids is 1. The summed E-state index contributed by atoms with van der Waals surface area (Å²) in [5, 5.41) is 3.36. The molecule has 0 radical (unpaired) electrons. The van der Waals surface area contributed by atoms with Crippen molar-refractivity contribution in [1.82, 2.24) is 14.3 Å². The summed E-state index contributed by atoms with van der Waals surface area (Å²) in [5.41, 5.74) is 0. The highest BCUT2D eigenvalue weighted by Gasteiger charge is 2.35. The Morgan fingerprint density at radius 3 is 2.81 bits per heavy atom. The van der Waals surface area contributed by atoms with E-state index in [1.54, 1.807) is 11.3 Å². The fraction of sp³-hybridized carbons (Fsp3) is 0.615. The Balaban J connectivity index is 1.92. The molecule has 0 aromatic carbocycles. The van der Waals surface area contributed by atoms with Crippen molar-refractivity contribution in [1.29, 1.82) is 0 Å². The smallest absolute Gasteiger partial charge is 0.280 e. The van der Waals surface area contributed by atoms with Crippen LogP contribution in [-0.2, 0) is 28.1 Å². The minimum absolute atomic E-state index is 0.199. The molecule has 0 aliphatic carbocycles. The minimum atomic E-state index is -3.52. The summed E-state index contributed by atoms with van der Waals surface area (Å²) in [6.45, 7) is 6.58. The molecule has 0 bridgehead atoms. The maximum Gasteiger partial charge on any atom is 0.280 e. The predicted molar refractivity (Wildman–Crippen MR) is 83.2 cm³/mol. The van der Waals surface area contributed by atoms with E-state index in [0.29, 0.717) is 18.7 Å². The normalized spacial score (nSPS) is 22.0.